The molecule has 2 atom stereocenters. The van der Waals surface area contributed by atoms with Gasteiger partial charge in [0.25, 0.3) is 5.91 Å². The van der Waals surface area contributed by atoms with Gasteiger partial charge >= 0.3 is 6.09 Å². The van der Waals surface area contributed by atoms with Crippen LogP contribution in [-0.4, -0.2) is 78.1 Å². The van der Waals surface area contributed by atoms with Gasteiger partial charge in [-0.25, -0.2) is 4.79 Å². The maximum absolute atomic E-state index is 13.0. The minimum Gasteiger partial charge on any atom is -0.453 e. The van der Waals surface area contributed by atoms with Crippen molar-refractivity contribution in [2.45, 2.75) is 56.8 Å². The summed E-state index contributed by atoms with van der Waals surface area (Å²) in [5, 5.41) is 14.0. The van der Waals surface area contributed by atoms with E-state index in [4.69, 9.17) is 4.74 Å². The van der Waals surface area contributed by atoms with E-state index in [1.807, 2.05) is 12.1 Å². The number of carbonyl (C=O) groups excluding carboxylic acids is 3. The molecule has 2 aromatic rings. The molecule has 0 aromatic heterocycles. The average Bonchev–Trinajstić information content (AvgIpc) is 2.94. The lowest BCUT2D eigenvalue weighted by Crippen LogP contribution is -2.47. The summed E-state index contributed by atoms with van der Waals surface area (Å²) < 4.78 is 4.77. The van der Waals surface area contributed by atoms with Crippen LogP contribution in [0, 0.1) is 0 Å². The number of fused-ring (bicyclic) bond motifs is 1. The lowest BCUT2D eigenvalue weighted by Gasteiger charge is -2.36. The predicted octanol–water partition coefficient (Wildman–Crippen LogP) is 3.03. The highest BCUT2D eigenvalue weighted by Gasteiger charge is 2.29. The van der Waals surface area contributed by atoms with Crippen LogP contribution in [0.1, 0.15) is 57.5 Å². The van der Waals surface area contributed by atoms with Crippen LogP contribution in [0.2, 0.25) is 0 Å². The van der Waals surface area contributed by atoms with E-state index in [9.17, 15) is 19.5 Å². The topological polar surface area (TPSA) is 99.2 Å². The van der Waals surface area contributed by atoms with E-state index in [1.165, 1.54) is 18.2 Å². The summed E-state index contributed by atoms with van der Waals surface area (Å²) in [5.41, 5.74) is 3.55. The fourth-order valence-electron chi connectivity index (χ4n) is 5.11. The molecule has 1 saturated heterocycles. The minimum absolute atomic E-state index is 0.0431. The Kier molecular flexibility index (Phi) is 8.38. The van der Waals surface area contributed by atoms with Gasteiger partial charge in [-0.05, 0) is 48.9 Å². The van der Waals surface area contributed by atoms with Crippen LogP contribution in [-0.2, 0) is 17.7 Å². The number of nitrogens with zero attached hydrogens (tertiary/aromatic N) is 2. The Bertz CT molecular complexity index is 1080. The molecule has 2 aliphatic rings. The number of carbonyl (C=O) groups is 3. The number of aliphatic hydroxyl groups is 1. The largest absolute Gasteiger partial charge is 0.453 e. The number of Topliss-reactive ketones (excluding diaryl/α,β-unsaturated/α-hetero) is 1. The van der Waals surface area contributed by atoms with Crippen LogP contribution in [0.4, 0.5) is 4.79 Å². The van der Waals surface area contributed by atoms with Gasteiger partial charge < -0.3 is 25.0 Å². The number of benzene rings is 2. The summed E-state index contributed by atoms with van der Waals surface area (Å²) in [6, 6.07) is 14.9. The molecule has 0 spiro atoms. The maximum atomic E-state index is 13.0. The van der Waals surface area contributed by atoms with Gasteiger partial charge in [0.15, 0.2) is 5.78 Å². The fraction of sp³-hybridized carbons (Fsp3) is 0.464. The number of nitrogens with one attached hydrogen (secondary N) is 1. The van der Waals surface area contributed by atoms with Crippen molar-refractivity contribution in [3.63, 3.8) is 0 Å². The van der Waals surface area contributed by atoms with Crippen LogP contribution in [0.3, 0.4) is 0 Å². The number of hydrogen-bond acceptors (Lipinski definition) is 6. The van der Waals surface area contributed by atoms with Gasteiger partial charge in [0, 0.05) is 56.3 Å². The molecule has 0 radical (unpaired) electrons. The van der Waals surface area contributed by atoms with Crippen LogP contribution in [0.15, 0.2) is 48.5 Å². The van der Waals surface area contributed by atoms with Crippen molar-refractivity contribution in [1.82, 2.24) is 15.1 Å². The SMILES string of the molecule is COC(=O)N1CCC(N(C)C(=O)c2ccc(C(=O)CC[C@@H](O)[C@@H]3Cc4ccccc4CN3)cc2)CC1. The van der Waals surface area contributed by atoms with Crippen LogP contribution in [0.25, 0.3) is 0 Å². The van der Waals surface area contributed by atoms with Crippen LogP contribution in [0.5, 0.6) is 0 Å². The van der Waals surface area contributed by atoms with E-state index in [0.29, 0.717) is 43.5 Å². The van der Waals surface area contributed by atoms with Gasteiger partial charge in [-0.15, -0.1) is 0 Å². The molecule has 0 bridgehead atoms. The van der Waals surface area contributed by atoms with Gasteiger partial charge in [0.2, 0.25) is 0 Å². The highest BCUT2D eigenvalue weighted by molar-refractivity contribution is 5.98. The number of methoxy groups -OCH3 is 1. The summed E-state index contributed by atoms with van der Waals surface area (Å²) >= 11 is 0. The second-order valence-corrected chi connectivity index (χ2v) is 9.67. The first-order valence-electron chi connectivity index (χ1n) is 12.6. The number of likely N-dealkylation sites (tertiary alicyclic amines) is 1. The van der Waals surface area contributed by atoms with Crippen LogP contribution >= 0.6 is 0 Å². The molecular weight excluding hydrogens is 458 g/mol. The molecule has 8 nitrogen and oxygen atoms in total. The molecule has 1 fully saturated rings. The molecular formula is C28H35N3O5. The van der Waals surface area contributed by atoms with E-state index in [1.54, 1.807) is 41.1 Å². The van der Waals surface area contributed by atoms with Crippen molar-refractivity contribution in [3.8, 4) is 0 Å². The Balaban J connectivity index is 1.26. The van der Waals surface area contributed by atoms with E-state index in [0.717, 1.165) is 13.0 Å². The number of amides is 2. The Labute approximate surface area is 212 Å². The second kappa shape index (κ2) is 11.7. The first-order chi connectivity index (χ1) is 17.4. The number of aliphatic hydroxyl groups excluding tert-OH is 1. The third kappa shape index (κ3) is 5.94. The highest BCUT2D eigenvalue weighted by Crippen LogP contribution is 2.21. The van der Waals surface area contributed by atoms with Crippen molar-refractivity contribution in [1.29, 1.82) is 0 Å². The summed E-state index contributed by atoms with van der Waals surface area (Å²) in [7, 11) is 3.15. The molecule has 0 saturated carbocycles. The first-order valence-corrected chi connectivity index (χ1v) is 12.6. The molecule has 2 N–H and O–H groups in total. The quantitative estimate of drug-likeness (QED) is 0.576. The summed E-state index contributed by atoms with van der Waals surface area (Å²) in [6.07, 6.45) is 1.81. The third-order valence-corrected chi connectivity index (χ3v) is 7.46. The Morgan fingerprint density at radius 1 is 1.06 bits per heavy atom. The third-order valence-electron chi connectivity index (χ3n) is 7.46. The van der Waals surface area contributed by atoms with Crippen molar-refractivity contribution in [3.05, 3.63) is 70.8 Å². The van der Waals surface area contributed by atoms with Gasteiger partial charge in [0.1, 0.15) is 0 Å². The summed E-state index contributed by atoms with van der Waals surface area (Å²) in [5.74, 6) is -0.155. The molecule has 192 valence electrons. The fourth-order valence-corrected chi connectivity index (χ4v) is 5.11. The van der Waals surface area contributed by atoms with Crippen molar-refractivity contribution < 1.29 is 24.2 Å². The zero-order valence-corrected chi connectivity index (χ0v) is 21.0. The standard InChI is InChI=1S/C28H35N3O5/c1-30(23-13-15-31(16-14-23)28(35)36-2)27(34)20-9-7-19(8-10-20)25(32)11-12-26(33)24-17-21-5-3-4-6-22(21)18-29-24/h3-10,23-24,26,29,33H,11-18H2,1-2H3/t24-,26+/m0/s1. The Morgan fingerprint density at radius 2 is 1.69 bits per heavy atom. The molecule has 0 aliphatic carbocycles. The summed E-state index contributed by atoms with van der Waals surface area (Å²) in [6.45, 7) is 1.83. The molecule has 0 unspecified atom stereocenters. The van der Waals surface area contributed by atoms with E-state index in [-0.39, 0.29) is 36.3 Å². The van der Waals surface area contributed by atoms with Gasteiger partial charge in [-0.2, -0.15) is 0 Å². The lowest BCUT2D eigenvalue weighted by molar-refractivity contribution is 0.0623. The van der Waals surface area contributed by atoms with Crippen molar-refractivity contribution in [2.24, 2.45) is 0 Å². The van der Waals surface area contributed by atoms with Gasteiger partial charge in [-0.3, -0.25) is 9.59 Å². The lowest BCUT2D eigenvalue weighted by atomic mass is 9.90. The molecule has 2 aromatic carbocycles. The van der Waals surface area contributed by atoms with Crippen molar-refractivity contribution in [2.75, 3.05) is 27.2 Å². The number of rotatable bonds is 7. The minimum atomic E-state index is -0.609. The Hall–Kier alpha value is -3.23. The first kappa shape index (κ1) is 25.9. The molecule has 2 amide bonds. The highest BCUT2D eigenvalue weighted by atomic mass is 16.5. The van der Waals surface area contributed by atoms with E-state index in [2.05, 4.69) is 17.4 Å². The molecule has 36 heavy (non-hydrogen) atoms. The van der Waals surface area contributed by atoms with E-state index >= 15 is 0 Å². The van der Waals surface area contributed by atoms with Gasteiger partial charge in [-0.1, -0.05) is 36.4 Å². The molecule has 4 rings (SSSR count). The Morgan fingerprint density at radius 3 is 2.36 bits per heavy atom. The molecule has 2 aliphatic heterocycles. The zero-order chi connectivity index (χ0) is 25.7. The molecule has 8 heteroatoms. The number of ketones is 1. The second-order valence-electron chi connectivity index (χ2n) is 9.67. The van der Waals surface area contributed by atoms with E-state index < -0.39 is 6.10 Å². The molecule has 2 heterocycles. The zero-order valence-electron chi connectivity index (χ0n) is 21.0. The normalized spacial score (nSPS) is 18.8. The number of piperidine rings is 1. The predicted molar refractivity (Wildman–Crippen MR) is 136 cm³/mol. The van der Waals surface area contributed by atoms with Crippen LogP contribution < -0.4 is 5.32 Å². The smallest absolute Gasteiger partial charge is 0.409 e. The summed E-state index contributed by atoms with van der Waals surface area (Å²) in [4.78, 5) is 40.7. The monoisotopic (exact) mass is 493 g/mol. The number of hydrogen-bond donors (Lipinski definition) is 2. The number of ether oxygens (including phenoxy) is 1. The average molecular weight is 494 g/mol. The van der Waals surface area contributed by atoms with Crippen molar-refractivity contribution >= 4 is 17.8 Å². The van der Waals surface area contributed by atoms with Gasteiger partial charge in [0.05, 0.1) is 13.2 Å². The maximum Gasteiger partial charge on any atom is 0.409 e.